The molecule has 2 saturated heterocycles. The summed E-state index contributed by atoms with van der Waals surface area (Å²) in [5, 5.41) is 43.3. The predicted octanol–water partition coefficient (Wildman–Crippen LogP) is 0.594. The van der Waals surface area contributed by atoms with Gasteiger partial charge in [0.05, 0.1) is 98.1 Å². The summed E-state index contributed by atoms with van der Waals surface area (Å²) in [7, 11) is 7.59. The number of methoxy groups -OCH3 is 1. The summed E-state index contributed by atoms with van der Waals surface area (Å²) in [6.45, 7) is 4.81. The number of rotatable bonds is 15. The molecule has 117 heavy (non-hydrogen) atoms. The van der Waals surface area contributed by atoms with Crippen LogP contribution in [0.4, 0.5) is 4.39 Å². The van der Waals surface area contributed by atoms with Crippen LogP contribution in [0.1, 0.15) is 105 Å². The Morgan fingerprint density at radius 2 is 1.46 bits per heavy atom. The van der Waals surface area contributed by atoms with Gasteiger partial charge in [-0.2, -0.15) is 0 Å². The number of aromatic nitrogens is 4. The number of aliphatic hydroxyl groups excluding tert-OH is 1. The second kappa shape index (κ2) is 39.7. The maximum atomic E-state index is 16.3. The van der Waals surface area contributed by atoms with E-state index in [0.29, 0.717) is 63.1 Å². The zero-order valence-electron chi connectivity index (χ0n) is 67.3. The van der Waals surface area contributed by atoms with E-state index in [1.165, 1.54) is 48.7 Å². The third-order valence-corrected chi connectivity index (χ3v) is 22.0. The monoisotopic (exact) mass is 1620 g/mol. The van der Waals surface area contributed by atoms with Crippen LogP contribution in [0.5, 0.6) is 5.75 Å². The number of carbonyl (C=O) groups is 12. The molecule has 0 radical (unpaired) electrons. The molecule has 6 aromatic rings. The van der Waals surface area contributed by atoms with Gasteiger partial charge in [-0.3, -0.25) is 62.2 Å². The summed E-state index contributed by atoms with van der Waals surface area (Å²) in [4.78, 5) is 184. The lowest BCUT2D eigenvalue weighted by molar-refractivity contribution is -0.870. The zero-order valence-corrected chi connectivity index (χ0v) is 67.3. The lowest BCUT2D eigenvalue weighted by Gasteiger charge is -2.37. The number of benzene rings is 4. The largest absolute Gasteiger partial charge is 0.497 e. The van der Waals surface area contributed by atoms with Gasteiger partial charge in [0.1, 0.15) is 66.2 Å². The molecule has 7 heterocycles. The molecule has 0 unspecified atom stereocenters. The quantitative estimate of drug-likeness (QED) is 0.0502. The first kappa shape index (κ1) is 86.8. The molecule has 14 bridgehead atoms. The number of amides is 11. The highest BCUT2D eigenvalue weighted by Gasteiger charge is 2.50. The van der Waals surface area contributed by atoms with Crippen molar-refractivity contribution in [2.75, 3.05) is 101 Å². The van der Waals surface area contributed by atoms with Gasteiger partial charge in [0.25, 0.3) is 0 Å². The Morgan fingerprint density at radius 1 is 0.726 bits per heavy atom. The van der Waals surface area contributed by atoms with E-state index in [2.05, 4.69) is 52.8 Å². The van der Waals surface area contributed by atoms with Gasteiger partial charge in [0.2, 0.25) is 65.0 Å². The molecule has 628 valence electrons. The first-order chi connectivity index (χ1) is 56.0. The van der Waals surface area contributed by atoms with Crippen LogP contribution in [0.2, 0.25) is 0 Å². The van der Waals surface area contributed by atoms with Crippen LogP contribution in [0, 0.1) is 11.7 Å². The number of halogens is 1. The molecule has 0 aliphatic carbocycles. The van der Waals surface area contributed by atoms with Crippen molar-refractivity contribution in [3.8, 4) is 5.75 Å². The number of Topliss-reactive ketones (excluding diaryl/α,β-unsaturated/α-hetero) is 1. The van der Waals surface area contributed by atoms with Crippen molar-refractivity contribution < 1.29 is 90.5 Å². The van der Waals surface area contributed by atoms with Crippen LogP contribution < -0.4 is 47.3 Å². The summed E-state index contributed by atoms with van der Waals surface area (Å²) in [5.74, 6) is -10.7. The SMILES string of the molecule is COc1ccc(C[C@@H]2NC(=O)[C@H]([C@@H](C)O)NC(=O)[C@@H]3[C@@H]4CCN3C(=O)[C@@H]3Cc5cn(c6ccc(F)cc56)Cc5cn(nn5)CCN(Cc5cccc(c5)CCNC(=O)[C@]5(C)CCCN5C2=O)C(=O)CCC(=O)N[C@@H](C)C(=O)C[C@H](CNC(=O)CCOCCOCC[N+](C)(C)C)C(=O)N[C@@H](Cc2cccc(c2)CNC(=O)CO4)C(=O)N3)cc1. The van der Waals surface area contributed by atoms with Crippen molar-refractivity contribution in [1.82, 2.24) is 76.8 Å². The maximum absolute atomic E-state index is 16.3. The fraction of sp³-hybridized carbons (Fsp3) is 0.518. The van der Waals surface area contributed by atoms with Crippen molar-refractivity contribution in [2.45, 2.75) is 172 Å². The molecule has 0 saturated carbocycles. The minimum Gasteiger partial charge on any atom is -0.497 e. The molecule has 2 aromatic heterocycles. The van der Waals surface area contributed by atoms with E-state index in [1.54, 1.807) is 77.3 Å². The molecule has 11 rings (SSSR count). The fourth-order valence-corrected chi connectivity index (χ4v) is 15.3. The number of carbonyl (C=O) groups excluding carboxylic acids is 12. The van der Waals surface area contributed by atoms with Gasteiger partial charge in [0.15, 0.2) is 5.78 Å². The standard InChI is InChI=1S/C83H107FN16O17/c1-51-68(102)42-58(45-87-70(103)25-33-115-35-36-116-34-32-100(4,5)6)76(107)89-64-40-55-12-9-13-56(38-55)44-86-72(105)50-117-69-24-29-98-75(69)79(110)92-74(52(2)101)78(109)91-65(39-54-15-18-62(114-7)19-16-54)81(112)99-28-10-26-83(99,3)82(113)85-27-23-53-11-8-14-57(37-53)46-95(73(106)22-21-71(104)88-51)30-31-97-49-61(93-94-97)48-96-47-59(41-66(80(98)111)90-77(64)108)63-43-60(84)17-20-67(63)96/h8-9,11-20,37-38,43,47,49,51-52,58,64-66,69,74-75,101H,10,21-36,39-42,44-46,48,50H2,1-7H3,(H7-,85,86,87,88,89,90,91,92,103,104,105,107,108,109,110,113)/p+1/t51-,52+,58+,64-,65-,66-,69-,74-,75-,83-/m0/s1. The molecule has 2 fully saturated rings. The van der Waals surface area contributed by atoms with Crippen LogP contribution in [0.3, 0.4) is 0 Å². The minimum absolute atomic E-state index is 0.00148. The van der Waals surface area contributed by atoms with E-state index in [-0.39, 0.29) is 128 Å². The highest BCUT2D eigenvalue weighted by molar-refractivity contribution is 6.00. The van der Waals surface area contributed by atoms with Crippen LogP contribution >= 0.6 is 0 Å². The van der Waals surface area contributed by atoms with E-state index >= 15 is 33.2 Å². The molecule has 33 nitrogen and oxygen atoms in total. The molecule has 11 amide bonds. The van der Waals surface area contributed by atoms with Crippen LogP contribution in [0.15, 0.2) is 103 Å². The number of nitrogens with zero attached hydrogens (tertiary/aromatic N) is 8. The minimum atomic E-state index is -1.88. The number of aliphatic hydroxyl groups is 1. The van der Waals surface area contributed by atoms with Crippen molar-refractivity contribution in [3.05, 3.63) is 148 Å². The summed E-state index contributed by atoms with van der Waals surface area (Å²) in [6, 6.07) is 15.1. The Bertz CT molecular complexity index is 4600. The Morgan fingerprint density at radius 3 is 2.22 bits per heavy atom. The van der Waals surface area contributed by atoms with Gasteiger partial charge in [-0.05, 0) is 110 Å². The number of hydrogen-bond acceptors (Lipinski definition) is 19. The van der Waals surface area contributed by atoms with Gasteiger partial charge < -0.3 is 90.3 Å². The molecule has 0 spiro atoms. The predicted molar refractivity (Wildman–Crippen MR) is 423 cm³/mol. The van der Waals surface area contributed by atoms with E-state index in [9.17, 15) is 33.9 Å². The second-order valence-corrected chi connectivity index (χ2v) is 32.0. The van der Waals surface area contributed by atoms with E-state index in [0.717, 1.165) is 17.0 Å². The highest BCUT2D eigenvalue weighted by Crippen LogP contribution is 2.33. The van der Waals surface area contributed by atoms with Gasteiger partial charge in [-0.1, -0.05) is 65.9 Å². The third-order valence-electron chi connectivity index (χ3n) is 22.0. The van der Waals surface area contributed by atoms with E-state index in [1.807, 2.05) is 45.4 Å². The number of ether oxygens (including phenoxy) is 4. The first-order valence-electron chi connectivity index (χ1n) is 39.9. The second-order valence-electron chi connectivity index (χ2n) is 32.0. The molecule has 5 aliphatic rings. The lowest BCUT2D eigenvalue weighted by Crippen LogP contribution is -2.64. The van der Waals surface area contributed by atoms with Crippen molar-refractivity contribution in [2.24, 2.45) is 5.92 Å². The van der Waals surface area contributed by atoms with Crippen LogP contribution in [-0.2, 0) is 124 Å². The Hall–Kier alpha value is -11.1. The Kier molecular flexibility index (Phi) is 29.5. The number of quaternary nitrogens is 1. The van der Waals surface area contributed by atoms with E-state index in [4.69, 9.17) is 18.9 Å². The average Bonchev–Trinajstić information content (AvgIpc) is 1.67. The number of ketones is 1. The lowest BCUT2D eigenvalue weighted by atomic mass is 9.95. The Balaban J connectivity index is 1.02. The molecule has 10 atom stereocenters. The summed E-state index contributed by atoms with van der Waals surface area (Å²) < 4.78 is 43.0. The zero-order chi connectivity index (χ0) is 83.7. The van der Waals surface area contributed by atoms with Crippen molar-refractivity contribution in [1.29, 1.82) is 0 Å². The van der Waals surface area contributed by atoms with Gasteiger partial charge in [0, 0.05) is 108 Å². The number of fused-ring (bicyclic) bond motifs is 10. The molecule has 4 aromatic carbocycles. The number of likely N-dealkylation sites (N-methyl/N-ethyl adjacent to an activating group) is 1. The third kappa shape index (κ3) is 23.4. The Labute approximate surface area is 678 Å². The van der Waals surface area contributed by atoms with Gasteiger partial charge >= 0.3 is 0 Å². The van der Waals surface area contributed by atoms with Crippen LogP contribution in [0.25, 0.3) is 10.9 Å². The molecule has 5 aliphatic heterocycles. The summed E-state index contributed by atoms with van der Waals surface area (Å²) in [6.07, 6.45) is -1.33. The van der Waals surface area contributed by atoms with Gasteiger partial charge in [-0.15, -0.1) is 5.10 Å². The number of hydrogen-bond donors (Lipinski definition) is 9. The molecular weight excluding hydrogens is 1510 g/mol. The van der Waals surface area contributed by atoms with Crippen LogP contribution in [-0.4, -0.2) is 269 Å². The van der Waals surface area contributed by atoms with E-state index < -0.39 is 162 Å². The number of nitrogens with one attached hydrogen (secondary N) is 8. The fourth-order valence-electron chi connectivity index (χ4n) is 15.3. The van der Waals surface area contributed by atoms with Crippen molar-refractivity contribution >= 4 is 81.7 Å². The van der Waals surface area contributed by atoms with Gasteiger partial charge in [-0.25, -0.2) is 4.39 Å². The average molecular weight is 1620 g/mol. The molecule has 9 N–H and O–H groups in total. The molecular formula is C83H108FN16O17+. The van der Waals surface area contributed by atoms with Crippen molar-refractivity contribution in [3.63, 3.8) is 0 Å². The normalized spacial score (nSPS) is 24.1. The topological polar surface area (TPSA) is 404 Å². The first-order valence-corrected chi connectivity index (χ1v) is 39.9. The maximum Gasteiger partial charge on any atom is 0.246 e. The summed E-state index contributed by atoms with van der Waals surface area (Å²) >= 11 is 0. The molecule has 34 heteroatoms. The summed E-state index contributed by atoms with van der Waals surface area (Å²) in [5.41, 5.74) is 2.67. The smallest absolute Gasteiger partial charge is 0.246 e. The highest BCUT2D eigenvalue weighted by atomic mass is 19.1.